The molecule has 1 N–H and O–H groups in total. The van der Waals surface area contributed by atoms with E-state index < -0.39 is 0 Å². The number of aromatic nitrogens is 5. The maximum atomic E-state index is 5.44. The highest BCUT2D eigenvalue weighted by molar-refractivity contribution is 5.85. The van der Waals surface area contributed by atoms with Gasteiger partial charge in [0.2, 0.25) is 0 Å². The van der Waals surface area contributed by atoms with Crippen molar-refractivity contribution in [3.63, 3.8) is 0 Å². The maximum Gasteiger partial charge on any atom is 0.166 e. The first kappa shape index (κ1) is 20.4. The SMILES string of the molecule is CC(C)n1cnc2c(NCc3ccccc3)nc(-c3ccc(N4CCOCC4)nc3)nc21. The van der Waals surface area contributed by atoms with Gasteiger partial charge in [-0.2, -0.15) is 0 Å². The van der Waals surface area contributed by atoms with E-state index in [4.69, 9.17) is 14.7 Å². The standard InChI is InChI=1S/C24H27N7O/c1-17(2)31-16-27-21-23(26-14-18-6-4-3-5-7-18)28-22(29-24(21)31)19-8-9-20(25-15-19)30-10-12-32-13-11-30/h3-9,15-17H,10-14H2,1-2H3,(H,26,28,29). The summed E-state index contributed by atoms with van der Waals surface area (Å²) in [7, 11) is 0. The number of morpholine rings is 1. The van der Waals surface area contributed by atoms with E-state index in [2.05, 4.69) is 50.7 Å². The van der Waals surface area contributed by atoms with Crippen molar-refractivity contribution in [2.24, 2.45) is 0 Å². The molecule has 4 aromatic rings. The molecule has 32 heavy (non-hydrogen) atoms. The van der Waals surface area contributed by atoms with Gasteiger partial charge in [0, 0.05) is 37.4 Å². The number of nitrogens with zero attached hydrogens (tertiary/aromatic N) is 6. The summed E-state index contributed by atoms with van der Waals surface area (Å²) in [4.78, 5) is 21.2. The van der Waals surface area contributed by atoms with Crippen LogP contribution in [0.5, 0.6) is 0 Å². The summed E-state index contributed by atoms with van der Waals surface area (Å²) >= 11 is 0. The lowest BCUT2D eigenvalue weighted by Gasteiger charge is -2.27. The Hall–Kier alpha value is -3.52. The average Bonchev–Trinajstić information content (AvgIpc) is 3.28. The highest BCUT2D eigenvalue weighted by Crippen LogP contribution is 2.27. The normalized spacial score (nSPS) is 14.3. The first-order valence-electron chi connectivity index (χ1n) is 11.0. The Kier molecular flexibility index (Phi) is 5.68. The van der Waals surface area contributed by atoms with Crippen molar-refractivity contribution in [1.29, 1.82) is 0 Å². The smallest absolute Gasteiger partial charge is 0.166 e. The fourth-order valence-corrected chi connectivity index (χ4v) is 3.83. The summed E-state index contributed by atoms with van der Waals surface area (Å²) in [6.45, 7) is 8.09. The molecule has 0 bridgehead atoms. The van der Waals surface area contributed by atoms with Crippen LogP contribution in [0, 0.1) is 0 Å². The Balaban J connectivity index is 1.49. The molecule has 1 aliphatic rings. The molecule has 0 aliphatic carbocycles. The van der Waals surface area contributed by atoms with Gasteiger partial charge in [0.25, 0.3) is 0 Å². The predicted molar refractivity (Wildman–Crippen MR) is 126 cm³/mol. The van der Waals surface area contributed by atoms with Crippen LogP contribution >= 0.6 is 0 Å². The quantitative estimate of drug-likeness (QED) is 0.497. The second kappa shape index (κ2) is 8.92. The summed E-state index contributed by atoms with van der Waals surface area (Å²) in [5, 5.41) is 3.46. The first-order chi connectivity index (χ1) is 15.7. The largest absolute Gasteiger partial charge is 0.378 e. The minimum absolute atomic E-state index is 0.242. The van der Waals surface area contributed by atoms with Crippen LogP contribution in [0.2, 0.25) is 0 Å². The second-order valence-electron chi connectivity index (χ2n) is 8.16. The minimum Gasteiger partial charge on any atom is -0.378 e. The number of pyridine rings is 1. The van der Waals surface area contributed by atoms with Crippen molar-refractivity contribution >= 4 is 22.8 Å². The topological polar surface area (TPSA) is 81.0 Å². The summed E-state index contributed by atoms with van der Waals surface area (Å²) in [5.41, 5.74) is 3.65. The van der Waals surface area contributed by atoms with E-state index in [1.165, 1.54) is 5.56 Å². The molecule has 0 radical (unpaired) electrons. The number of ether oxygens (including phenoxy) is 1. The molecule has 8 nitrogen and oxygen atoms in total. The van der Waals surface area contributed by atoms with Crippen LogP contribution in [-0.4, -0.2) is 50.8 Å². The molecule has 0 atom stereocenters. The van der Waals surface area contributed by atoms with Crippen molar-refractivity contribution in [3.05, 3.63) is 60.6 Å². The maximum absolute atomic E-state index is 5.44. The fourth-order valence-electron chi connectivity index (χ4n) is 3.83. The molecule has 1 saturated heterocycles. The van der Waals surface area contributed by atoms with Gasteiger partial charge in [-0.1, -0.05) is 30.3 Å². The Labute approximate surface area is 187 Å². The van der Waals surface area contributed by atoms with E-state index >= 15 is 0 Å². The van der Waals surface area contributed by atoms with E-state index in [0.29, 0.717) is 12.4 Å². The summed E-state index contributed by atoms with van der Waals surface area (Å²) < 4.78 is 7.51. The van der Waals surface area contributed by atoms with Crippen LogP contribution < -0.4 is 10.2 Å². The third-order valence-corrected chi connectivity index (χ3v) is 5.62. The summed E-state index contributed by atoms with van der Waals surface area (Å²) in [6.07, 6.45) is 3.68. The highest BCUT2D eigenvalue weighted by atomic mass is 16.5. The molecule has 3 aromatic heterocycles. The molecule has 8 heteroatoms. The molecule has 0 amide bonds. The minimum atomic E-state index is 0.242. The van der Waals surface area contributed by atoms with Crippen LogP contribution in [-0.2, 0) is 11.3 Å². The summed E-state index contributed by atoms with van der Waals surface area (Å²) in [6, 6.07) is 14.6. The van der Waals surface area contributed by atoms with Gasteiger partial charge < -0.3 is 19.5 Å². The van der Waals surface area contributed by atoms with Crippen molar-refractivity contribution in [2.45, 2.75) is 26.4 Å². The molecular weight excluding hydrogens is 402 g/mol. The van der Waals surface area contributed by atoms with Crippen molar-refractivity contribution in [1.82, 2.24) is 24.5 Å². The molecule has 0 saturated carbocycles. The molecular formula is C24H27N7O. The van der Waals surface area contributed by atoms with Gasteiger partial charge in [-0.25, -0.2) is 19.9 Å². The number of fused-ring (bicyclic) bond motifs is 1. The number of benzene rings is 1. The first-order valence-corrected chi connectivity index (χ1v) is 11.0. The molecule has 0 unspecified atom stereocenters. The van der Waals surface area contributed by atoms with Crippen molar-refractivity contribution in [3.8, 4) is 11.4 Å². The average molecular weight is 430 g/mol. The zero-order chi connectivity index (χ0) is 21.9. The van der Waals surface area contributed by atoms with Crippen molar-refractivity contribution in [2.75, 3.05) is 36.5 Å². The van der Waals surface area contributed by atoms with Gasteiger partial charge in [0.1, 0.15) is 11.3 Å². The van der Waals surface area contributed by atoms with Gasteiger partial charge in [-0.15, -0.1) is 0 Å². The lowest BCUT2D eigenvalue weighted by Crippen LogP contribution is -2.36. The number of rotatable bonds is 6. The van der Waals surface area contributed by atoms with E-state index in [0.717, 1.165) is 54.7 Å². The van der Waals surface area contributed by atoms with Gasteiger partial charge in [0.05, 0.1) is 19.5 Å². The van der Waals surface area contributed by atoms with Gasteiger partial charge >= 0.3 is 0 Å². The van der Waals surface area contributed by atoms with Crippen LogP contribution in [0.15, 0.2) is 55.0 Å². The van der Waals surface area contributed by atoms with Gasteiger partial charge in [-0.3, -0.25) is 0 Å². The van der Waals surface area contributed by atoms with Crippen LogP contribution in [0.25, 0.3) is 22.6 Å². The molecule has 4 heterocycles. The lowest BCUT2D eigenvalue weighted by molar-refractivity contribution is 0.122. The number of imidazole rings is 1. The monoisotopic (exact) mass is 429 g/mol. The molecule has 5 rings (SSSR count). The number of hydrogen-bond acceptors (Lipinski definition) is 7. The van der Waals surface area contributed by atoms with Gasteiger partial charge in [-0.05, 0) is 31.5 Å². The summed E-state index contributed by atoms with van der Waals surface area (Å²) in [5.74, 6) is 2.31. The van der Waals surface area contributed by atoms with Crippen LogP contribution in [0.3, 0.4) is 0 Å². The van der Waals surface area contributed by atoms with E-state index in [1.54, 1.807) is 0 Å². The second-order valence-corrected chi connectivity index (χ2v) is 8.16. The third kappa shape index (κ3) is 4.13. The van der Waals surface area contributed by atoms with Crippen LogP contribution in [0.1, 0.15) is 25.5 Å². The zero-order valence-electron chi connectivity index (χ0n) is 18.4. The Morgan fingerprint density at radius 1 is 1.00 bits per heavy atom. The third-order valence-electron chi connectivity index (χ3n) is 5.62. The van der Waals surface area contributed by atoms with Gasteiger partial charge in [0.15, 0.2) is 17.3 Å². The number of hydrogen-bond donors (Lipinski definition) is 1. The Bertz CT molecular complexity index is 1180. The lowest BCUT2D eigenvalue weighted by atomic mass is 10.2. The fraction of sp³-hybridized carbons (Fsp3) is 0.333. The molecule has 1 aromatic carbocycles. The molecule has 1 aliphatic heterocycles. The zero-order valence-corrected chi connectivity index (χ0v) is 18.4. The van der Waals surface area contributed by atoms with E-state index in [9.17, 15) is 0 Å². The number of anilines is 2. The number of nitrogens with one attached hydrogen (secondary N) is 1. The highest BCUT2D eigenvalue weighted by Gasteiger charge is 2.17. The van der Waals surface area contributed by atoms with E-state index in [-0.39, 0.29) is 6.04 Å². The predicted octanol–water partition coefficient (Wildman–Crippen LogP) is 3.92. The Morgan fingerprint density at radius 3 is 2.53 bits per heavy atom. The molecule has 1 fully saturated rings. The van der Waals surface area contributed by atoms with E-state index in [1.807, 2.05) is 42.9 Å². The molecule has 164 valence electrons. The molecule has 0 spiro atoms. The van der Waals surface area contributed by atoms with Crippen LogP contribution in [0.4, 0.5) is 11.6 Å². The Morgan fingerprint density at radius 2 is 1.81 bits per heavy atom. The van der Waals surface area contributed by atoms with Crippen molar-refractivity contribution < 1.29 is 4.74 Å².